The van der Waals surface area contributed by atoms with E-state index in [0.29, 0.717) is 19.6 Å². The fourth-order valence-electron chi connectivity index (χ4n) is 2.71. The standard InChI is InChI=1S/C19H22BrClN2O3S/c1-4-23(5-2)27(25,26)18-12-14(10-11-17(18)21)19(24)22(3)13-15-8-6-7-9-16(15)20/h6-12H,4-5,13H2,1-3H3. The highest BCUT2D eigenvalue weighted by Gasteiger charge is 2.26. The Bertz CT molecular complexity index is 930. The Morgan fingerprint density at radius 3 is 2.33 bits per heavy atom. The first kappa shape index (κ1) is 21.9. The highest BCUT2D eigenvalue weighted by atomic mass is 79.9. The van der Waals surface area contributed by atoms with Gasteiger partial charge in [-0.25, -0.2) is 8.42 Å². The summed E-state index contributed by atoms with van der Waals surface area (Å²) in [6.07, 6.45) is 0. The number of hydrogen-bond acceptors (Lipinski definition) is 3. The minimum atomic E-state index is -3.76. The maximum absolute atomic E-state index is 12.8. The molecular formula is C19H22BrClN2O3S. The van der Waals surface area contributed by atoms with Gasteiger partial charge < -0.3 is 4.90 Å². The number of nitrogens with zero attached hydrogens (tertiary/aromatic N) is 2. The Morgan fingerprint density at radius 2 is 1.74 bits per heavy atom. The van der Waals surface area contributed by atoms with Crippen LogP contribution < -0.4 is 0 Å². The smallest absolute Gasteiger partial charge is 0.253 e. The van der Waals surface area contributed by atoms with E-state index in [1.54, 1.807) is 27.0 Å². The van der Waals surface area contributed by atoms with Crippen molar-refractivity contribution in [2.45, 2.75) is 25.3 Å². The summed E-state index contributed by atoms with van der Waals surface area (Å²) in [5, 5.41) is 0.104. The van der Waals surface area contributed by atoms with Crippen LogP contribution in [0.1, 0.15) is 29.8 Å². The van der Waals surface area contributed by atoms with Crippen molar-refractivity contribution < 1.29 is 13.2 Å². The summed E-state index contributed by atoms with van der Waals surface area (Å²) < 4.78 is 27.8. The molecule has 0 atom stereocenters. The lowest BCUT2D eigenvalue weighted by molar-refractivity contribution is 0.0784. The van der Waals surface area contributed by atoms with Gasteiger partial charge in [-0.05, 0) is 29.8 Å². The fraction of sp³-hybridized carbons (Fsp3) is 0.316. The molecule has 0 aliphatic heterocycles. The molecular weight excluding hydrogens is 452 g/mol. The van der Waals surface area contributed by atoms with E-state index >= 15 is 0 Å². The Labute approximate surface area is 174 Å². The van der Waals surface area contributed by atoms with Crippen molar-refractivity contribution >= 4 is 43.5 Å². The first-order valence-electron chi connectivity index (χ1n) is 8.50. The molecule has 0 saturated heterocycles. The summed E-state index contributed by atoms with van der Waals surface area (Å²) in [6, 6.07) is 12.0. The van der Waals surface area contributed by atoms with Gasteiger partial charge in [0.05, 0.1) is 5.02 Å². The van der Waals surface area contributed by atoms with Crippen LogP contribution in [0.2, 0.25) is 5.02 Å². The van der Waals surface area contributed by atoms with Crippen LogP contribution in [0, 0.1) is 0 Å². The first-order valence-corrected chi connectivity index (χ1v) is 11.1. The van der Waals surface area contributed by atoms with Crippen molar-refractivity contribution in [3.05, 3.63) is 63.1 Å². The molecule has 0 spiro atoms. The lowest BCUT2D eigenvalue weighted by Gasteiger charge is -2.21. The molecule has 2 rings (SSSR count). The summed E-state index contributed by atoms with van der Waals surface area (Å²) in [4.78, 5) is 14.3. The fourth-order valence-corrected chi connectivity index (χ4v) is 5.08. The molecule has 2 aromatic carbocycles. The molecule has 0 fully saturated rings. The van der Waals surface area contributed by atoms with Gasteiger partial charge in [-0.3, -0.25) is 4.79 Å². The topological polar surface area (TPSA) is 57.7 Å². The second kappa shape index (κ2) is 9.19. The predicted molar refractivity (Wildman–Crippen MR) is 111 cm³/mol. The van der Waals surface area contributed by atoms with Crippen LogP contribution in [0.15, 0.2) is 51.8 Å². The van der Waals surface area contributed by atoms with Crippen LogP contribution in [-0.2, 0) is 16.6 Å². The molecule has 0 aliphatic carbocycles. The average Bonchev–Trinajstić information content (AvgIpc) is 2.64. The average molecular weight is 474 g/mol. The van der Waals surface area contributed by atoms with E-state index < -0.39 is 10.0 Å². The van der Waals surface area contributed by atoms with E-state index in [-0.39, 0.29) is 21.4 Å². The van der Waals surface area contributed by atoms with E-state index in [2.05, 4.69) is 15.9 Å². The number of carbonyl (C=O) groups excluding carboxylic acids is 1. The molecule has 0 aliphatic rings. The Morgan fingerprint density at radius 1 is 1.11 bits per heavy atom. The monoisotopic (exact) mass is 472 g/mol. The number of carbonyl (C=O) groups is 1. The van der Waals surface area contributed by atoms with E-state index in [0.717, 1.165) is 10.0 Å². The molecule has 0 N–H and O–H groups in total. The van der Waals surface area contributed by atoms with Gasteiger partial charge in [-0.2, -0.15) is 4.31 Å². The molecule has 0 aromatic heterocycles. The van der Waals surface area contributed by atoms with Gasteiger partial charge in [0.2, 0.25) is 10.0 Å². The molecule has 0 saturated carbocycles. The zero-order chi connectivity index (χ0) is 20.2. The second-order valence-electron chi connectivity index (χ2n) is 5.99. The van der Waals surface area contributed by atoms with Crippen molar-refractivity contribution in [2.24, 2.45) is 0 Å². The molecule has 0 heterocycles. The number of halogens is 2. The molecule has 2 aromatic rings. The van der Waals surface area contributed by atoms with Crippen LogP contribution in [0.5, 0.6) is 0 Å². The number of sulfonamides is 1. The molecule has 1 amide bonds. The lowest BCUT2D eigenvalue weighted by Crippen LogP contribution is -2.31. The van der Waals surface area contributed by atoms with E-state index in [1.807, 2.05) is 24.3 Å². The first-order chi connectivity index (χ1) is 12.7. The van der Waals surface area contributed by atoms with Gasteiger partial charge in [0.1, 0.15) is 4.90 Å². The van der Waals surface area contributed by atoms with Gasteiger partial charge in [0.15, 0.2) is 0 Å². The quantitative estimate of drug-likeness (QED) is 0.599. The van der Waals surface area contributed by atoms with Crippen molar-refractivity contribution in [3.63, 3.8) is 0 Å². The summed E-state index contributed by atoms with van der Waals surface area (Å²) in [5.41, 5.74) is 1.23. The zero-order valence-electron chi connectivity index (χ0n) is 15.4. The lowest BCUT2D eigenvalue weighted by atomic mass is 10.1. The highest BCUT2D eigenvalue weighted by molar-refractivity contribution is 9.10. The Balaban J connectivity index is 2.34. The van der Waals surface area contributed by atoms with Gasteiger partial charge in [0.25, 0.3) is 5.91 Å². The number of rotatable bonds is 7. The summed E-state index contributed by atoms with van der Waals surface area (Å²) in [7, 11) is -2.08. The van der Waals surface area contributed by atoms with Gasteiger partial charge in [-0.15, -0.1) is 0 Å². The van der Waals surface area contributed by atoms with Gasteiger partial charge in [0, 0.05) is 36.7 Å². The van der Waals surface area contributed by atoms with Gasteiger partial charge >= 0.3 is 0 Å². The van der Waals surface area contributed by atoms with Crippen molar-refractivity contribution in [3.8, 4) is 0 Å². The van der Waals surface area contributed by atoms with Crippen LogP contribution >= 0.6 is 27.5 Å². The van der Waals surface area contributed by atoms with Crippen LogP contribution in [0.4, 0.5) is 0 Å². The zero-order valence-corrected chi connectivity index (χ0v) is 18.6. The van der Waals surface area contributed by atoms with Crippen molar-refractivity contribution in [1.29, 1.82) is 0 Å². The van der Waals surface area contributed by atoms with E-state index in [4.69, 9.17) is 11.6 Å². The number of benzene rings is 2. The van der Waals surface area contributed by atoms with Crippen LogP contribution in [0.25, 0.3) is 0 Å². The third kappa shape index (κ3) is 4.90. The molecule has 146 valence electrons. The predicted octanol–water partition coefficient (Wildman–Crippen LogP) is 4.41. The van der Waals surface area contributed by atoms with Crippen LogP contribution in [-0.4, -0.2) is 43.7 Å². The molecule has 0 radical (unpaired) electrons. The third-order valence-corrected chi connectivity index (χ3v) is 7.52. The minimum Gasteiger partial charge on any atom is -0.337 e. The third-order valence-electron chi connectivity index (χ3n) is 4.21. The van der Waals surface area contributed by atoms with Crippen LogP contribution in [0.3, 0.4) is 0 Å². The summed E-state index contributed by atoms with van der Waals surface area (Å²) >= 11 is 9.61. The van der Waals surface area contributed by atoms with E-state index in [1.165, 1.54) is 21.3 Å². The summed E-state index contributed by atoms with van der Waals surface area (Å²) in [5.74, 6) is -0.279. The molecule has 5 nitrogen and oxygen atoms in total. The van der Waals surface area contributed by atoms with E-state index in [9.17, 15) is 13.2 Å². The maximum atomic E-state index is 12.8. The van der Waals surface area contributed by atoms with Crippen molar-refractivity contribution in [1.82, 2.24) is 9.21 Å². The largest absolute Gasteiger partial charge is 0.337 e. The molecule has 0 unspecified atom stereocenters. The Kier molecular flexibility index (Phi) is 7.45. The number of amides is 1. The second-order valence-corrected chi connectivity index (χ2v) is 9.16. The Hall–Kier alpha value is -1.41. The highest BCUT2D eigenvalue weighted by Crippen LogP contribution is 2.27. The number of hydrogen-bond donors (Lipinski definition) is 0. The minimum absolute atomic E-state index is 0.0481. The summed E-state index contributed by atoms with van der Waals surface area (Å²) in [6.45, 7) is 4.57. The normalized spacial score (nSPS) is 11.6. The molecule has 8 heteroatoms. The van der Waals surface area contributed by atoms with Gasteiger partial charge in [-0.1, -0.05) is 59.6 Å². The molecule has 27 heavy (non-hydrogen) atoms. The maximum Gasteiger partial charge on any atom is 0.253 e. The van der Waals surface area contributed by atoms with Crippen molar-refractivity contribution in [2.75, 3.05) is 20.1 Å². The molecule has 0 bridgehead atoms. The SMILES string of the molecule is CCN(CC)S(=O)(=O)c1cc(C(=O)N(C)Cc2ccccc2Br)ccc1Cl.